The summed E-state index contributed by atoms with van der Waals surface area (Å²) in [6, 6.07) is 8.23. The van der Waals surface area contributed by atoms with E-state index in [2.05, 4.69) is 12.1 Å². The first kappa shape index (κ1) is 5.76. The van der Waals surface area contributed by atoms with E-state index >= 15 is 0 Å². The largest absolute Gasteiger partial charge is 0.392 e. The zero-order valence-electron chi connectivity index (χ0n) is 7.83. The minimum atomic E-state index is -1.20. The maximum atomic E-state index is 9.80. The van der Waals surface area contributed by atoms with Crippen LogP contribution in [0.3, 0.4) is 0 Å². The van der Waals surface area contributed by atoms with E-state index in [1.54, 1.807) is 0 Å². The van der Waals surface area contributed by atoms with Crippen molar-refractivity contribution < 1.29 is 6.48 Å². The SMILES string of the molecule is [2H][C@]1(O)C[C@@H]2C[C@H]1c1ccccc12. The Morgan fingerprint density at radius 1 is 1.25 bits per heavy atom. The van der Waals surface area contributed by atoms with Crippen LogP contribution in [-0.2, 0) is 0 Å². The molecule has 1 aromatic rings. The van der Waals surface area contributed by atoms with E-state index in [4.69, 9.17) is 1.37 Å². The van der Waals surface area contributed by atoms with E-state index in [0.29, 0.717) is 12.3 Å². The Bertz CT molecular complexity index is 359. The number of aliphatic hydroxyl groups is 1. The monoisotopic (exact) mass is 161 g/mol. The van der Waals surface area contributed by atoms with Gasteiger partial charge in [0, 0.05) is 5.92 Å². The Morgan fingerprint density at radius 3 is 2.83 bits per heavy atom. The first-order valence-corrected chi connectivity index (χ1v) is 4.50. The van der Waals surface area contributed by atoms with Gasteiger partial charge in [-0.3, -0.25) is 0 Å². The highest BCUT2D eigenvalue weighted by atomic mass is 16.3. The van der Waals surface area contributed by atoms with Crippen molar-refractivity contribution in [3.63, 3.8) is 0 Å². The lowest BCUT2D eigenvalue weighted by Crippen LogP contribution is -2.14. The molecule has 2 aliphatic rings. The van der Waals surface area contributed by atoms with Gasteiger partial charge < -0.3 is 5.11 Å². The lowest BCUT2D eigenvalue weighted by Gasteiger charge is -2.19. The van der Waals surface area contributed by atoms with Crippen LogP contribution >= 0.6 is 0 Å². The number of hydrogen-bond acceptors (Lipinski definition) is 1. The predicted molar refractivity (Wildman–Crippen MR) is 47.2 cm³/mol. The molecule has 0 unspecified atom stereocenters. The van der Waals surface area contributed by atoms with Crippen LogP contribution in [0.4, 0.5) is 0 Å². The molecule has 1 saturated carbocycles. The Balaban J connectivity index is 2.17. The highest BCUT2D eigenvalue weighted by Gasteiger charge is 2.42. The van der Waals surface area contributed by atoms with Crippen molar-refractivity contribution >= 4 is 0 Å². The first-order chi connectivity index (χ1) is 6.18. The molecule has 1 aromatic carbocycles. The topological polar surface area (TPSA) is 20.2 Å². The fourth-order valence-electron chi connectivity index (χ4n) is 2.64. The summed E-state index contributed by atoms with van der Waals surface area (Å²) in [5.41, 5.74) is 2.57. The van der Waals surface area contributed by atoms with Gasteiger partial charge in [-0.25, -0.2) is 0 Å². The summed E-state index contributed by atoms with van der Waals surface area (Å²) in [7, 11) is 0. The van der Waals surface area contributed by atoms with Crippen molar-refractivity contribution in [2.24, 2.45) is 0 Å². The summed E-state index contributed by atoms with van der Waals surface area (Å²) in [6.07, 6.45) is 0.396. The molecule has 0 saturated heterocycles. The second-order valence-electron chi connectivity index (χ2n) is 3.81. The molecule has 0 radical (unpaired) electrons. The normalized spacial score (nSPS) is 44.2. The zero-order valence-corrected chi connectivity index (χ0v) is 6.83. The average molecular weight is 161 g/mol. The molecule has 0 heterocycles. The molecule has 0 aromatic heterocycles. The third kappa shape index (κ3) is 0.674. The van der Waals surface area contributed by atoms with E-state index in [1.807, 2.05) is 12.1 Å². The summed E-state index contributed by atoms with van der Waals surface area (Å²) >= 11 is 0. The average Bonchev–Trinajstić information content (AvgIpc) is 2.58. The Hall–Kier alpha value is -0.820. The minimum absolute atomic E-state index is 0.0636. The second-order valence-corrected chi connectivity index (χ2v) is 3.81. The molecule has 1 fully saturated rings. The van der Waals surface area contributed by atoms with Gasteiger partial charge in [0.25, 0.3) is 0 Å². The van der Waals surface area contributed by atoms with Crippen LogP contribution in [0.25, 0.3) is 0 Å². The van der Waals surface area contributed by atoms with Gasteiger partial charge in [0.2, 0.25) is 0 Å². The van der Waals surface area contributed by atoms with Gasteiger partial charge in [-0.2, -0.15) is 0 Å². The van der Waals surface area contributed by atoms with E-state index < -0.39 is 6.08 Å². The lowest BCUT2D eigenvalue weighted by atomic mass is 9.90. The highest BCUT2D eigenvalue weighted by Crippen LogP contribution is 2.52. The van der Waals surface area contributed by atoms with Crippen LogP contribution in [0.5, 0.6) is 0 Å². The molecule has 12 heavy (non-hydrogen) atoms. The highest BCUT2D eigenvalue weighted by molar-refractivity contribution is 5.42. The molecule has 62 valence electrons. The number of benzene rings is 1. The van der Waals surface area contributed by atoms with Crippen molar-refractivity contribution in [2.45, 2.75) is 30.8 Å². The molecular weight excluding hydrogens is 148 g/mol. The van der Waals surface area contributed by atoms with Crippen LogP contribution in [0.1, 0.15) is 37.2 Å². The molecule has 0 amide bonds. The summed E-state index contributed by atoms with van der Waals surface area (Å²) in [5, 5.41) is 9.80. The van der Waals surface area contributed by atoms with E-state index in [1.165, 1.54) is 11.1 Å². The van der Waals surface area contributed by atoms with E-state index in [0.717, 1.165) is 6.42 Å². The summed E-state index contributed by atoms with van der Waals surface area (Å²) in [6.45, 7) is 0. The van der Waals surface area contributed by atoms with Crippen molar-refractivity contribution in [3.05, 3.63) is 35.4 Å². The Kier molecular flexibility index (Phi) is 1.01. The molecule has 2 aliphatic carbocycles. The molecule has 3 atom stereocenters. The van der Waals surface area contributed by atoms with Gasteiger partial charge in [-0.05, 0) is 29.9 Å². The van der Waals surface area contributed by atoms with Gasteiger partial charge in [-0.1, -0.05) is 24.3 Å². The number of hydrogen-bond donors (Lipinski definition) is 1. The lowest BCUT2D eigenvalue weighted by molar-refractivity contribution is 0.158. The molecule has 2 bridgehead atoms. The fraction of sp³-hybridized carbons (Fsp3) is 0.455. The van der Waals surface area contributed by atoms with Gasteiger partial charge in [0.15, 0.2) is 0 Å². The Morgan fingerprint density at radius 2 is 2.00 bits per heavy atom. The maximum absolute atomic E-state index is 9.80. The van der Waals surface area contributed by atoms with Crippen LogP contribution in [0, 0.1) is 0 Å². The third-order valence-corrected chi connectivity index (χ3v) is 3.19. The van der Waals surface area contributed by atoms with E-state index in [9.17, 15) is 5.11 Å². The third-order valence-electron chi connectivity index (χ3n) is 3.19. The summed E-state index contributed by atoms with van der Waals surface area (Å²) in [4.78, 5) is 0. The standard InChI is InChI=1S/C11H12O/c12-11-6-7-5-10(11)9-4-2-1-3-8(7)9/h1-4,7,10-12H,5-6H2/t7-,10-,11-/m0/s1/i11D. The van der Waals surface area contributed by atoms with Crippen LogP contribution in [-0.4, -0.2) is 11.2 Å². The fourth-order valence-corrected chi connectivity index (χ4v) is 2.64. The number of fused-ring (bicyclic) bond motifs is 5. The predicted octanol–water partition coefficient (Wildman–Crippen LogP) is 2.02. The van der Waals surface area contributed by atoms with Crippen LogP contribution in [0.15, 0.2) is 24.3 Å². The molecule has 3 rings (SSSR count). The van der Waals surface area contributed by atoms with Crippen molar-refractivity contribution in [2.75, 3.05) is 0 Å². The van der Waals surface area contributed by atoms with Crippen LogP contribution in [0.2, 0.25) is 0 Å². The molecule has 0 aliphatic heterocycles. The van der Waals surface area contributed by atoms with Crippen molar-refractivity contribution in [1.82, 2.24) is 0 Å². The van der Waals surface area contributed by atoms with Gasteiger partial charge in [0.1, 0.15) is 0 Å². The molecule has 1 heteroatoms. The molecule has 1 nitrogen and oxygen atoms in total. The van der Waals surface area contributed by atoms with Gasteiger partial charge in [-0.15, -0.1) is 0 Å². The summed E-state index contributed by atoms with van der Waals surface area (Å²) in [5.74, 6) is 0.498. The van der Waals surface area contributed by atoms with E-state index in [-0.39, 0.29) is 5.92 Å². The second kappa shape index (κ2) is 2.11. The quantitative estimate of drug-likeness (QED) is 0.617. The first-order valence-electron chi connectivity index (χ1n) is 5.00. The summed E-state index contributed by atoms with van der Waals surface area (Å²) < 4.78 is 7.76. The molecule has 1 N–H and O–H groups in total. The molecular formula is C11H12O. The van der Waals surface area contributed by atoms with Gasteiger partial charge >= 0.3 is 0 Å². The minimum Gasteiger partial charge on any atom is -0.392 e. The zero-order chi connectivity index (χ0) is 9.05. The maximum Gasteiger partial charge on any atom is 0.0614 e. The smallest absolute Gasteiger partial charge is 0.0614 e. The Labute approximate surface area is 73.4 Å². The van der Waals surface area contributed by atoms with Crippen molar-refractivity contribution in [3.8, 4) is 0 Å². The number of rotatable bonds is 0. The van der Waals surface area contributed by atoms with Crippen molar-refractivity contribution in [1.29, 1.82) is 0 Å². The molecule has 0 spiro atoms. The van der Waals surface area contributed by atoms with Crippen LogP contribution < -0.4 is 0 Å². The van der Waals surface area contributed by atoms with Gasteiger partial charge in [0.05, 0.1) is 7.45 Å².